The smallest absolute Gasteiger partial charge is 0.134 e. The van der Waals surface area contributed by atoms with Crippen molar-refractivity contribution in [1.82, 2.24) is 4.90 Å². The predicted octanol–water partition coefficient (Wildman–Crippen LogP) is 1.84. The van der Waals surface area contributed by atoms with Crippen LogP contribution >= 0.6 is 0 Å². The third-order valence-electron chi connectivity index (χ3n) is 3.58. The van der Waals surface area contributed by atoms with Gasteiger partial charge in [-0.3, -0.25) is 9.69 Å². The van der Waals surface area contributed by atoms with Crippen molar-refractivity contribution in [3.8, 4) is 0 Å². The van der Waals surface area contributed by atoms with Crippen LogP contribution in [-0.2, 0) is 4.79 Å². The van der Waals surface area contributed by atoms with Crippen LogP contribution in [0.25, 0.3) is 0 Å². The van der Waals surface area contributed by atoms with E-state index in [1.807, 2.05) is 0 Å². The molecule has 1 aliphatic carbocycles. The van der Waals surface area contributed by atoms with Gasteiger partial charge in [-0.15, -0.1) is 0 Å². The molecular formula is C11H19NO. The zero-order valence-corrected chi connectivity index (χ0v) is 8.46. The van der Waals surface area contributed by atoms with Gasteiger partial charge in [0, 0.05) is 18.9 Å². The number of carbonyl (C=O) groups excluding carboxylic acids is 1. The van der Waals surface area contributed by atoms with E-state index in [2.05, 4.69) is 11.8 Å². The molecule has 1 saturated carbocycles. The van der Waals surface area contributed by atoms with E-state index in [1.54, 1.807) is 0 Å². The van der Waals surface area contributed by atoms with E-state index in [1.165, 1.54) is 25.9 Å². The average molecular weight is 181 g/mol. The van der Waals surface area contributed by atoms with Gasteiger partial charge in [0.15, 0.2) is 0 Å². The molecule has 2 aliphatic rings. The summed E-state index contributed by atoms with van der Waals surface area (Å²) in [6, 6.07) is 0.573. The van der Waals surface area contributed by atoms with Gasteiger partial charge in [-0.1, -0.05) is 6.92 Å². The molecule has 0 aromatic rings. The fraction of sp³-hybridized carbons (Fsp3) is 0.909. The van der Waals surface area contributed by atoms with Crippen molar-refractivity contribution in [3.05, 3.63) is 0 Å². The van der Waals surface area contributed by atoms with Crippen LogP contribution in [0, 0.1) is 5.92 Å². The fourth-order valence-corrected chi connectivity index (χ4v) is 2.68. The maximum absolute atomic E-state index is 11.3. The Morgan fingerprint density at radius 2 is 2.00 bits per heavy atom. The largest absolute Gasteiger partial charge is 0.300 e. The van der Waals surface area contributed by atoms with Gasteiger partial charge < -0.3 is 0 Å². The van der Waals surface area contributed by atoms with Gasteiger partial charge in [-0.05, 0) is 38.3 Å². The number of hydrogen-bond donors (Lipinski definition) is 0. The Morgan fingerprint density at radius 1 is 1.31 bits per heavy atom. The molecule has 0 bridgehead atoms. The highest BCUT2D eigenvalue weighted by molar-refractivity contribution is 5.79. The van der Waals surface area contributed by atoms with Crippen molar-refractivity contribution in [2.45, 2.75) is 45.1 Å². The molecule has 0 aromatic carbocycles. The normalized spacial score (nSPS) is 36.8. The van der Waals surface area contributed by atoms with Crippen LogP contribution in [0.15, 0.2) is 0 Å². The standard InChI is InChI=1S/C11H19NO/c1-9-4-5-10(13)8-11(9)12-6-2-3-7-12/h9,11H,2-8H2,1H3. The summed E-state index contributed by atoms with van der Waals surface area (Å²) in [5.41, 5.74) is 0. The lowest BCUT2D eigenvalue weighted by atomic mass is 9.84. The third kappa shape index (κ3) is 1.93. The summed E-state index contributed by atoms with van der Waals surface area (Å²) in [7, 11) is 0. The van der Waals surface area contributed by atoms with Gasteiger partial charge in [-0.2, -0.15) is 0 Å². The second-order valence-electron chi connectivity index (χ2n) is 4.57. The molecule has 2 rings (SSSR count). The molecule has 0 aromatic heterocycles. The van der Waals surface area contributed by atoms with Gasteiger partial charge in [0.25, 0.3) is 0 Å². The van der Waals surface area contributed by atoms with E-state index in [4.69, 9.17) is 0 Å². The van der Waals surface area contributed by atoms with Gasteiger partial charge in [-0.25, -0.2) is 0 Å². The van der Waals surface area contributed by atoms with Crippen molar-refractivity contribution in [2.24, 2.45) is 5.92 Å². The van der Waals surface area contributed by atoms with E-state index in [0.29, 0.717) is 11.8 Å². The summed E-state index contributed by atoms with van der Waals surface area (Å²) in [6.07, 6.45) is 5.42. The molecule has 0 spiro atoms. The number of likely N-dealkylation sites (tertiary alicyclic amines) is 1. The minimum Gasteiger partial charge on any atom is -0.300 e. The third-order valence-corrected chi connectivity index (χ3v) is 3.58. The van der Waals surface area contributed by atoms with Crippen LogP contribution in [0.5, 0.6) is 0 Å². The Hall–Kier alpha value is -0.370. The Balaban J connectivity index is 1.98. The lowest BCUT2D eigenvalue weighted by Crippen LogP contribution is -2.42. The molecule has 74 valence electrons. The fourth-order valence-electron chi connectivity index (χ4n) is 2.68. The maximum Gasteiger partial charge on any atom is 0.134 e. The van der Waals surface area contributed by atoms with Crippen molar-refractivity contribution in [2.75, 3.05) is 13.1 Å². The molecular weight excluding hydrogens is 162 g/mol. The first-order chi connectivity index (χ1) is 6.27. The minimum absolute atomic E-state index is 0.481. The molecule has 2 fully saturated rings. The summed E-state index contributed by atoms with van der Waals surface area (Å²) in [5.74, 6) is 1.21. The summed E-state index contributed by atoms with van der Waals surface area (Å²) in [4.78, 5) is 13.9. The first-order valence-electron chi connectivity index (χ1n) is 5.53. The van der Waals surface area contributed by atoms with Crippen molar-refractivity contribution >= 4 is 5.78 Å². The molecule has 2 unspecified atom stereocenters. The first kappa shape index (κ1) is 9.20. The molecule has 0 amide bonds. The quantitative estimate of drug-likeness (QED) is 0.615. The molecule has 1 saturated heterocycles. The highest BCUT2D eigenvalue weighted by atomic mass is 16.1. The van der Waals surface area contributed by atoms with E-state index < -0.39 is 0 Å². The first-order valence-corrected chi connectivity index (χ1v) is 5.53. The van der Waals surface area contributed by atoms with E-state index in [0.717, 1.165) is 25.2 Å². The van der Waals surface area contributed by atoms with Crippen LogP contribution in [0.3, 0.4) is 0 Å². The van der Waals surface area contributed by atoms with E-state index >= 15 is 0 Å². The topological polar surface area (TPSA) is 20.3 Å². The molecule has 1 aliphatic heterocycles. The minimum atomic E-state index is 0.481. The van der Waals surface area contributed by atoms with Crippen molar-refractivity contribution in [1.29, 1.82) is 0 Å². The van der Waals surface area contributed by atoms with Gasteiger partial charge >= 0.3 is 0 Å². The van der Waals surface area contributed by atoms with Crippen LogP contribution in [0.1, 0.15) is 39.0 Å². The molecule has 2 heteroatoms. The number of carbonyl (C=O) groups is 1. The number of Topliss-reactive ketones (excluding diaryl/α,β-unsaturated/α-hetero) is 1. The molecule has 1 heterocycles. The molecule has 2 atom stereocenters. The molecule has 13 heavy (non-hydrogen) atoms. The van der Waals surface area contributed by atoms with Crippen LogP contribution in [0.2, 0.25) is 0 Å². The second kappa shape index (κ2) is 3.79. The highest BCUT2D eigenvalue weighted by Gasteiger charge is 2.31. The Labute approximate surface area is 80.3 Å². The van der Waals surface area contributed by atoms with Crippen LogP contribution in [0.4, 0.5) is 0 Å². The number of rotatable bonds is 1. The van der Waals surface area contributed by atoms with Gasteiger partial charge in [0.1, 0.15) is 5.78 Å². The lowest BCUT2D eigenvalue weighted by Gasteiger charge is -2.35. The number of hydrogen-bond acceptors (Lipinski definition) is 2. The summed E-state index contributed by atoms with van der Waals surface area (Å²) >= 11 is 0. The van der Waals surface area contributed by atoms with Crippen LogP contribution < -0.4 is 0 Å². The summed E-state index contributed by atoms with van der Waals surface area (Å²) in [5, 5.41) is 0. The van der Waals surface area contributed by atoms with E-state index in [9.17, 15) is 4.79 Å². The number of nitrogens with zero attached hydrogens (tertiary/aromatic N) is 1. The van der Waals surface area contributed by atoms with E-state index in [-0.39, 0.29) is 0 Å². The monoisotopic (exact) mass is 181 g/mol. The predicted molar refractivity (Wildman–Crippen MR) is 52.6 cm³/mol. The van der Waals surface area contributed by atoms with Crippen molar-refractivity contribution < 1.29 is 4.79 Å². The molecule has 2 nitrogen and oxygen atoms in total. The highest BCUT2D eigenvalue weighted by Crippen LogP contribution is 2.28. The SMILES string of the molecule is CC1CCC(=O)CC1N1CCCC1. The van der Waals surface area contributed by atoms with Gasteiger partial charge in [0.05, 0.1) is 0 Å². The molecule has 0 N–H and O–H groups in total. The Bertz CT molecular complexity index is 196. The van der Waals surface area contributed by atoms with Gasteiger partial charge in [0.2, 0.25) is 0 Å². The van der Waals surface area contributed by atoms with Crippen molar-refractivity contribution in [3.63, 3.8) is 0 Å². The average Bonchev–Trinajstić information content (AvgIpc) is 2.61. The second-order valence-corrected chi connectivity index (χ2v) is 4.57. The lowest BCUT2D eigenvalue weighted by molar-refractivity contribution is -0.123. The Morgan fingerprint density at radius 3 is 2.69 bits per heavy atom. The zero-order valence-electron chi connectivity index (χ0n) is 8.46. The molecule has 0 radical (unpaired) electrons. The Kier molecular flexibility index (Phi) is 2.68. The maximum atomic E-state index is 11.3. The number of ketones is 1. The van der Waals surface area contributed by atoms with Crippen LogP contribution in [-0.4, -0.2) is 29.8 Å². The zero-order chi connectivity index (χ0) is 9.26. The summed E-state index contributed by atoms with van der Waals surface area (Å²) in [6.45, 7) is 4.75. The summed E-state index contributed by atoms with van der Waals surface area (Å²) < 4.78 is 0.